The molecule has 0 saturated carbocycles. The number of nitrogens with zero attached hydrogens (tertiary/aromatic N) is 4. The maximum atomic E-state index is 5.56. The molecule has 0 aliphatic rings. The summed E-state index contributed by atoms with van der Waals surface area (Å²) in [5.74, 6) is 0. The summed E-state index contributed by atoms with van der Waals surface area (Å²) in [7, 11) is 0. The lowest BCUT2D eigenvalue weighted by Gasteiger charge is -2.15. The van der Waals surface area contributed by atoms with Crippen molar-refractivity contribution in [3.05, 3.63) is 206 Å². The number of hydrogen-bond acceptors (Lipinski definition) is 3. The van der Waals surface area contributed by atoms with Crippen LogP contribution in [-0.2, 0) is 0 Å². The molecule has 4 heterocycles. The van der Waals surface area contributed by atoms with Gasteiger partial charge in [0.25, 0.3) is 0 Å². The van der Waals surface area contributed by atoms with E-state index in [2.05, 4.69) is 193 Å². The Bertz CT molecular complexity index is 3580. The maximum absolute atomic E-state index is 5.56. The minimum absolute atomic E-state index is 0.904. The minimum Gasteiger partial charge on any atom is -0.309 e. The van der Waals surface area contributed by atoms with Crippen molar-refractivity contribution in [1.82, 2.24) is 19.5 Å². The first-order chi connectivity index (χ1) is 29.2. The summed E-state index contributed by atoms with van der Waals surface area (Å²) in [5.41, 5.74) is 14.5. The summed E-state index contributed by atoms with van der Waals surface area (Å²) in [6, 6.07) is 73.1. The second kappa shape index (κ2) is 13.3. The Morgan fingerprint density at radius 1 is 0.305 bits per heavy atom. The standard InChI is InChI=1S/C55H34N4/c1-4-13-36(14-5-1)48-31-29-39-27-28-40-30-32-49(57-54(40)53(39)56-48)37-25-23-35(24-26-37)42-20-12-21-44-45-33-46-43-19-10-11-22-50(43)59(41-17-8-3-9-18-41)51(46)34-47(45)52(58-55(42)44)38-15-6-2-7-16-38/h1-34H. The van der Waals surface area contributed by atoms with Crippen molar-refractivity contribution >= 4 is 65.3 Å². The average Bonchev–Trinajstić information content (AvgIpc) is 3.64. The Kier molecular flexibility index (Phi) is 7.50. The van der Waals surface area contributed by atoms with Gasteiger partial charge in [0.2, 0.25) is 0 Å². The van der Waals surface area contributed by atoms with Crippen molar-refractivity contribution in [1.29, 1.82) is 0 Å². The van der Waals surface area contributed by atoms with Gasteiger partial charge in [-0.1, -0.05) is 164 Å². The minimum atomic E-state index is 0.904. The second-order valence-electron chi connectivity index (χ2n) is 15.2. The molecule has 0 fully saturated rings. The van der Waals surface area contributed by atoms with E-state index in [0.29, 0.717) is 0 Å². The molecule has 8 aromatic carbocycles. The molecule has 274 valence electrons. The van der Waals surface area contributed by atoms with Gasteiger partial charge in [-0.05, 0) is 53.4 Å². The second-order valence-corrected chi connectivity index (χ2v) is 15.2. The molecule has 0 unspecified atom stereocenters. The first-order valence-electron chi connectivity index (χ1n) is 20.0. The van der Waals surface area contributed by atoms with E-state index in [4.69, 9.17) is 15.0 Å². The van der Waals surface area contributed by atoms with Crippen LogP contribution in [0.2, 0.25) is 0 Å². The van der Waals surface area contributed by atoms with Crippen molar-refractivity contribution in [3.8, 4) is 50.6 Å². The lowest BCUT2D eigenvalue weighted by Crippen LogP contribution is -1.95. The maximum Gasteiger partial charge on any atom is 0.0972 e. The van der Waals surface area contributed by atoms with Crippen molar-refractivity contribution < 1.29 is 0 Å². The molecule has 0 aliphatic carbocycles. The molecular formula is C55H34N4. The molecule has 12 rings (SSSR count). The fourth-order valence-electron chi connectivity index (χ4n) is 8.91. The number of para-hydroxylation sites is 3. The average molecular weight is 751 g/mol. The highest BCUT2D eigenvalue weighted by molar-refractivity contribution is 6.21. The number of hydrogen-bond donors (Lipinski definition) is 0. The van der Waals surface area contributed by atoms with Crippen LogP contribution in [0, 0.1) is 0 Å². The molecule has 0 radical (unpaired) electrons. The number of fused-ring (bicyclic) bond motifs is 9. The molecule has 4 nitrogen and oxygen atoms in total. The Morgan fingerprint density at radius 2 is 0.864 bits per heavy atom. The summed E-state index contributed by atoms with van der Waals surface area (Å²) in [6.45, 7) is 0. The Labute approximate surface area is 340 Å². The molecule has 12 aromatic rings. The van der Waals surface area contributed by atoms with Gasteiger partial charge in [0.05, 0.1) is 44.7 Å². The Morgan fingerprint density at radius 3 is 1.56 bits per heavy atom. The van der Waals surface area contributed by atoms with Gasteiger partial charge in [-0.15, -0.1) is 0 Å². The first kappa shape index (κ1) is 33.2. The normalized spacial score (nSPS) is 11.7. The zero-order valence-corrected chi connectivity index (χ0v) is 31.9. The van der Waals surface area contributed by atoms with Crippen LogP contribution in [0.4, 0.5) is 0 Å². The van der Waals surface area contributed by atoms with E-state index in [1.807, 2.05) is 18.2 Å². The van der Waals surface area contributed by atoms with Crippen LogP contribution < -0.4 is 0 Å². The summed E-state index contributed by atoms with van der Waals surface area (Å²) in [5, 5.41) is 8.04. The van der Waals surface area contributed by atoms with E-state index in [-0.39, 0.29) is 0 Å². The molecule has 0 atom stereocenters. The van der Waals surface area contributed by atoms with Crippen molar-refractivity contribution in [2.75, 3.05) is 0 Å². The fourth-order valence-corrected chi connectivity index (χ4v) is 8.91. The lowest BCUT2D eigenvalue weighted by molar-refractivity contribution is 1.18. The fraction of sp³-hybridized carbons (Fsp3) is 0. The lowest BCUT2D eigenvalue weighted by atomic mass is 9.94. The molecule has 0 N–H and O–H groups in total. The molecule has 0 spiro atoms. The van der Waals surface area contributed by atoms with Gasteiger partial charge in [0.1, 0.15) is 0 Å². The van der Waals surface area contributed by atoms with E-state index in [1.54, 1.807) is 0 Å². The number of benzene rings is 8. The summed E-state index contributed by atoms with van der Waals surface area (Å²) in [4.78, 5) is 15.9. The molecule has 0 saturated heterocycles. The van der Waals surface area contributed by atoms with Gasteiger partial charge in [0.15, 0.2) is 0 Å². The largest absolute Gasteiger partial charge is 0.309 e. The van der Waals surface area contributed by atoms with Crippen molar-refractivity contribution in [2.45, 2.75) is 0 Å². The number of aromatic nitrogens is 4. The molecule has 59 heavy (non-hydrogen) atoms. The predicted molar refractivity (Wildman–Crippen MR) is 246 cm³/mol. The van der Waals surface area contributed by atoms with Gasteiger partial charge < -0.3 is 4.57 Å². The van der Waals surface area contributed by atoms with Crippen molar-refractivity contribution in [2.24, 2.45) is 0 Å². The van der Waals surface area contributed by atoms with Gasteiger partial charge in [-0.2, -0.15) is 0 Å². The zero-order chi connectivity index (χ0) is 38.9. The van der Waals surface area contributed by atoms with E-state index >= 15 is 0 Å². The van der Waals surface area contributed by atoms with Crippen LogP contribution >= 0.6 is 0 Å². The van der Waals surface area contributed by atoms with Gasteiger partial charge in [-0.25, -0.2) is 15.0 Å². The highest BCUT2D eigenvalue weighted by Crippen LogP contribution is 2.42. The quantitative estimate of drug-likeness (QED) is 0.165. The van der Waals surface area contributed by atoms with Crippen LogP contribution in [0.5, 0.6) is 0 Å². The third kappa shape index (κ3) is 5.42. The van der Waals surface area contributed by atoms with Crippen LogP contribution in [0.3, 0.4) is 0 Å². The van der Waals surface area contributed by atoms with E-state index in [1.165, 1.54) is 21.7 Å². The molecule has 0 bridgehead atoms. The Hall–Kier alpha value is -7.95. The van der Waals surface area contributed by atoms with Crippen LogP contribution in [0.1, 0.15) is 0 Å². The van der Waals surface area contributed by atoms with E-state index in [9.17, 15) is 0 Å². The molecule has 4 heteroatoms. The molecule has 0 aliphatic heterocycles. The zero-order valence-electron chi connectivity index (χ0n) is 31.9. The first-order valence-corrected chi connectivity index (χ1v) is 20.0. The SMILES string of the molecule is c1ccc(-c2ccc3ccc4ccc(-c5ccc(-c6cccc7c6nc(-c6ccccc6)c6cc8c(cc67)c6ccccc6n8-c6ccccc6)cc5)nc4c3n2)cc1. The topological polar surface area (TPSA) is 43.6 Å². The Balaban J connectivity index is 1.02. The van der Waals surface area contributed by atoms with Gasteiger partial charge in [0, 0.05) is 60.3 Å². The summed E-state index contributed by atoms with van der Waals surface area (Å²) < 4.78 is 2.38. The van der Waals surface area contributed by atoms with E-state index in [0.717, 1.165) is 94.2 Å². The highest BCUT2D eigenvalue weighted by atomic mass is 15.0. The van der Waals surface area contributed by atoms with Gasteiger partial charge >= 0.3 is 0 Å². The third-order valence-corrected chi connectivity index (χ3v) is 11.8. The summed E-state index contributed by atoms with van der Waals surface area (Å²) >= 11 is 0. The molecule has 0 amide bonds. The van der Waals surface area contributed by atoms with Crippen LogP contribution in [0.15, 0.2) is 206 Å². The third-order valence-electron chi connectivity index (χ3n) is 11.8. The van der Waals surface area contributed by atoms with Crippen LogP contribution in [0.25, 0.3) is 116 Å². The van der Waals surface area contributed by atoms with E-state index < -0.39 is 0 Å². The molecule has 4 aromatic heterocycles. The monoisotopic (exact) mass is 750 g/mol. The smallest absolute Gasteiger partial charge is 0.0972 e. The van der Waals surface area contributed by atoms with Gasteiger partial charge in [-0.3, -0.25) is 0 Å². The number of pyridine rings is 3. The summed E-state index contributed by atoms with van der Waals surface area (Å²) in [6.07, 6.45) is 0. The highest BCUT2D eigenvalue weighted by Gasteiger charge is 2.19. The van der Waals surface area contributed by atoms with Crippen LogP contribution in [-0.4, -0.2) is 19.5 Å². The predicted octanol–water partition coefficient (Wildman–Crippen LogP) is 14.2. The number of rotatable bonds is 5. The van der Waals surface area contributed by atoms with Crippen molar-refractivity contribution in [3.63, 3.8) is 0 Å². The molecular weight excluding hydrogens is 717 g/mol.